The van der Waals surface area contributed by atoms with E-state index in [1.54, 1.807) is 47.2 Å². The fourth-order valence-corrected chi connectivity index (χ4v) is 7.87. The Hall–Kier alpha value is -8.09. The van der Waals surface area contributed by atoms with E-state index in [-0.39, 0.29) is 67.2 Å². The first-order chi connectivity index (χ1) is 32.9. The lowest BCUT2D eigenvalue weighted by Gasteiger charge is -2.12. The van der Waals surface area contributed by atoms with Crippen molar-refractivity contribution in [1.82, 2.24) is 43.2 Å². The van der Waals surface area contributed by atoms with E-state index >= 15 is 0 Å². The summed E-state index contributed by atoms with van der Waals surface area (Å²) in [6, 6.07) is 23.0. The molecule has 0 bridgehead atoms. The van der Waals surface area contributed by atoms with Crippen LogP contribution in [0.4, 0.5) is 20.3 Å². The lowest BCUT2D eigenvalue weighted by Crippen LogP contribution is -2.40. The van der Waals surface area contributed by atoms with E-state index in [9.17, 15) is 37.5 Å². The van der Waals surface area contributed by atoms with Crippen molar-refractivity contribution in [3.05, 3.63) is 178 Å². The van der Waals surface area contributed by atoms with Crippen molar-refractivity contribution in [3.63, 3.8) is 0 Å². The van der Waals surface area contributed by atoms with Crippen LogP contribution in [0.15, 0.2) is 110 Å². The van der Waals surface area contributed by atoms with Gasteiger partial charge >= 0.3 is 11.4 Å². The number of nitrogens with zero attached hydrogens (tertiary/aromatic N) is 7. The Labute approximate surface area is 386 Å². The SMILES string of the molecule is CCCCn1c(=O)n(Cc2ccccc2)c(=O)c2[nH]c(Cc3ccc(NC(=O)CCC(=O)Nc4ccc(Cc5nc6c([nH]5)c(=O)n(Cc5c(F)cccc5F)c(=O)n6CCCC)cc4)nc3)nc21. The Morgan fingerprint density at radius 3 is 1.66 bits per heavy atom. The molecule has 0 aliphatic heterocycles. The lowest BCUT2D eigenvalue weighted by molar-refractivity contribution is -0.121. The van der Waals surface area contributed by atoms with Gasteiger partial charge in [-0.1, -0.05) is 81.3 Å². The first kappa shape index (κ1) is 46.4. The summed E-state index contributed by atoms with van der Waals surface area (Å²) in [5.41, 5.74) is 0.846. The number of carbonyl (C=O) groups excluding carboxylic acids is 2. The standard InChI is InChI=1S/C49H49F2N11O6/c1-3-5-23-59-44-42(46(65)61(48(59)67)28-31-11-8-7-9-12-31)56-39(58-44)26-32-17-20-37(52-27-32)54-41(64)22-21-40(63)53-33-18-15-30(16-19-33)25-38-55-43-45(57-38)60(24-6-4-2)49(68)62(47(43)66)29-34-35(50)13-10-14-36(34)51/h7-20,27H,3-6,21-26,28-29H2,1-2H3,(H,53,63)(H,55,57)(H,56,58)(H,52,54,64). The largest absolute Gasteiger partial charge is 0.336 e. The van der Waals surface area contributed by atoms with E-state index in [0.29, 0.717) is 35.9 Å². The van der Waals surface area contributed by atoms with Crippen molar-refractivity contribution in [2.75, 3.05) is 10.6 Å². The molecule has 0 atom stereocenters. The van der Waals surface area contributed by atoms with E-state index < -0.39 is 52.1 Å². The number of halogens is 2. The first-order valence-corrected chi connectivity index (χ1v) is 22.5. The number of aromatic nitrogens is 9. The van der Waals surface area contributed by atoms with Gasteiger partial charge in [-0.25, -0.2) is 33.3 Å². The van der Waals surface area contributed by atoms with Crippen LogP contribution in [-0.2, 0) is 48.6 Å². The quantitative estimate of drug-likeness (QED) is 0.0748. The summed E-state index contributed by atoms with van der Waals surface area (Å²) in [4.78, 5) is 99.4. The third-order valence-corrected chi connectivity index (χ3v) is 11.5. The molecule has 0 aliphatic carbocycles. The van der Waals surface area contributed by atoms with Crippen LogP contribution < -0.4 is 33.1 Å². The molecular weight excluding hydrogens is 877 g/mol. The number of unbranched alkanes of at least 4 members (excludes halogenated alkanes) is 2. The molecule has 68 heavy (non-hydrogen) atoms. The molecule has 8 aromatic rings. The fraction of sp³-hybridized carbons (Fsp3) is 0.286. The van der Waals surface area contributed by atoms with Crippen molar-refractivity contribution < 1.29 is 18.4 Å². The van der Waals surface area contributed by atoms with E-state index in [1.165, 1.54) is 15.2 Å². The van der Waals surface area contributed by atoms with Gasteiger partial charge in [0.25, 0.3) is 11.1 Å². The number of benzene rings is 3. The molecule has 17 nitrogen and oxygen atoms in total. The molecule has 3 aromatic carbocycles. The van der Waals surface area contributed by atoms with E-state index in [1.807, 2.05) is 44.2 Å². The van der Waals surface area contributed by atoms with E-state index in [2.05, 4.69) is 35.6 Å². The van der Waals surface area contributed by atoms with Gasteiger partial charge in [0.15, 0.2) is 11.3 Å². The van der Waals surface area contributed by atoms with Crippen molar-refractivity contribution in [1.29, 1.82) is 0 Å². The highest BCUT2D eigenvalue weighted by atomic mass is 19.1. The molecule has 19 heteroatoms. The summed E-state index contributed by atoms with van der Waals surface area (Å²) >= 11 is 0. The zero-order valence-corrected chi connectivity index (χ0v) is 37.5. The number of nitrogens with one attached hydrogen (secondary N) is 4. The van der Waals surface area contributed by atoms with Gasteiger partial charge in [0.05, 0.1) is 13.1 Å². The minimum atomic E-state index is -0.866. The molecule has 0 spiro atoms. The minimum Gasteiger partial charge on any atom is -0.336 e. The number of H-pyrrole nitrogens is 2. The molecule has 0 unspecified atom stereocenters. The predicted octanol–water partition coefficient (Wildman–Crippen LogP) is 6.00. The van der Waals surface area contributed by atoms with Crippen LogP contribution >= 0.6 is 0 Å². The Morgan fingerprint density at radius 2 is 1.12 bits per heavy atom. The van der Waals surface area contributed by atoms with E-state index in [0.717, 1.165) is 52.7 Å². The Bertz CT molecular complexity index is 3350. The van der Waals surface area contributed by atoms with Crippen LogP contribution in [0.25, 0.3) is 22.3 Å². The summed E-state index contributed by atoms with van der Waals surface area (Å²) in [7, 11) is 0. The fourth-order valence-electron chi connectivity index (χ4n) is 7.87. The summed E-state index contributed by atoms with van der Waals surface area (Å²) in [5, 5.41) is 5.48. The van der Waals surface area contributed by atoms with Crippen LogP contribution in [0, 0.1) is 11.6 Å². The molecular formula is C49H49F2N11O6. The molecule has 350 valence electrons. The predicted molar refractivity (Wildman–Crippen MR) is 253 cm³/mol. The Kier molecular flexibility index (Phi) is 14.1. The van der Waals surface area contributed by atoms with E-state index in [4.69, 9.17) is 0 Å². The van der Waals surface area contributed by atoms with Gasteiger partial charge in [-0.15, -0.1) is 0 Å². The molecule has 5 aromatic heterocycles. The second kappa shape index (κ2) is 20.6. The molecule has 5 heterocycles. The van der Waals surface area contributed by atoms with Gasteiger partial charge in [-0.3, -0.25) is 37.4 Å². The molecule has 4 N–H and O–H groups in total. The molecule has 8 rings (SSSR count). The number of hydrogen-bond donors (Lipinski definition) is 4. The van der Waals surface area contributed by atoms with Crippen molar-refractivity contribution in [2.45, 2.75) is 91.4 Å². The zero-order valence-electron chi connectivity index (χ0n) is 37.5. The molecule has 0 radical (unpaired) electrons. The van der Waals surface area contributed by atoms with Crippen molar-refractivity contribution >= 4 is 45.6 Å². The summed E-state index contributed by atoms with van der Waals surface area (Å²) < 4.78 is 34.0. The maximum Gasteiger partial charge on any atom is 0.333 e. The highest BCUT2D eigenvalue weighted by Gasteiger charge is 2.21. The second-order valence-electron chi connectivity index (χ2n) is 16.5. The number of anilines is 2. The average Bonchev–Trinajstić information content (AvgIpc) is 3.95. The smallest absolute Gasteiger partial charge is 0.333 e. The van der Waals surface area contributed by atoms with Crippen molar-refractivity contribution in [3.8, 4) is 0 Å². The van der Waals surface area contributed by atoms with Gasteiger partial charge in [-0.2, -0.15) is 0 Å². The van der Waals surface area contributed by atoms with Crippen LogP contribution in [0.2, 0.25) is 0 Å². The number of aromatic amines is 2. The molecule has 0 fully saturated rings. The number of aryl methyl sites for hydroxylation is 2. The number of hydrogen-bond acceptors (Lipinski definition) is 9. The van der Waals surface area contributed by atoms with Gasteiger partial charge in [0, 0.05) is 56.2 Å². The Balaban J connectivity index is 0.858. The number of rotatable bonds is 19. The lowest BCUT2D eigenvalue weighted by atomic mass is 10.1. The highest BCUT2D eigenvalue weighted by molar-refractivity contribution is 5.96. The molecule has 2 amide bonds. The number of fused-ring (bicyclic) bond motifs is 2. The number of carbonyl (C=O) groups is 2. The maximum atomic E-state index is 14.5. The maximum absolute atomic E-state index is 14.5. The van der Waals surface area contributed by atoms with Crippen LogP contribution in [0.5, 0.6) is 0 Å². The molecule has 0 aliphatic rings. The number of pyridine rings is 1. The minimum absolute atomic E-state index is 0.0394. The van der Waals surface area contributed by atoms with Crippen LogP contribution in [0.1, 0.15) is 86.3 Å². The third-order valence-electron chi connectivity index (χ3n) is 11.5. The topological polar surface area (TPSA) is 216 Å². The van der Waals surface area contributed by atoms with Gasteiger partial charge in [-0.05, 0) is 59.9 Å². The average molecular weight is 926 g/mol. The summed E-state index contributed by atoms with van der Waals surface area (Å²) in [6.07, 6.45) is 4.83. The van der Waals surface area contributed by atoms with Gasteiger partial charge in [0.1, 0.15) is 40.1 Å². The van der Waals surface area contributed by atoms with Crippen molar-refractivity contribution in [2.24, 2.45) is 0 Å². The summed E-state index contributed by atoms with van der Waals surface area (Å²) in [5.74, 6) is -1.38. The van der Waals surface area contributed by atoms with Crippen LogP contribution in [-0.4, -0.2) is 55.0 Å². The van der Waals surface area contributed by atoms with Gasteiger partial charge in [0.2, 0.25) is 11.8 Å². The van der Waals surface area contributed by atoms with Gasteiger partial charge < -0.3 is 20.6 Å². The Morgan fingerprint density at radius 1 is 0.588 bits per heavy atom. The zero-order chi connectivity index (χ0) is 47.9. The first-order valence-electron chi connectivity index (χ1n) is 22.5. The normalized spacial score (nSPS) is 11.4. The summed E-state index contributed by atoms with van der Waals surface area (Å²) in [6.45, 7) is 4.18. The molecule has 0 saturated heterocycles. The third kappa shape index (κ3) is 10.3. The number of amides is 2. The molecule has 0 saturated carbocycles. The van der Waals surface area contributed by atoms with Crippen LogP contribution in [0.3, 0.4) is 0 Å². The highest BCUT2D eigenvalue weighted by Crippen LogP contribution is 2.18. The second-order valence-corrected chi connectivity index (χ2v) is 16.5. The monoisotopic (exact) mass is 925 g/mol. The number of imidazole rings is 2.